The molecule has 0 aliphatic rings. The van der Waals surface area contributed by atoms with E-state index in [-0.39, 0.29) is 11.5 Å². The first-order valence-electron chi connectivity index (χ1n) is 4.97. The lowest BCUT2D eigenvalue weighted by molar-refractivity contribution is -0.136. The van der Waals surface area contributed by atoms with E-state index in [2.05, 4.69) is 6.58 Å². The summed E-state index contributed by atoms with van der Waals surface area (Å²) in [6.07, 6.45) is 4.14. The fourth-order valence-electron chi connectivity index (χ4n) is 1.10. The van der Waals surface area contributed by atoms with Crippen LogP contribution in [0.1, 0.15) is 5.56 Å². The number of hydrogen-bond donors (Lipinski definition) is 1. The van der Waals surface area contributed by atoms with E-state index in [1.807, 2.05) is 0 Å². The van der Waals surface area contributed by atoms with Crippen molar-refractivity contribution in [1.29, 1.82) is 0 Å². The Bertz CT molecular complexity index is 555. The average Bonchev–Trinajstić information content (AvgIpc) is 2.33. The van der Waals surface area contributed by atoms with Crippen LogP contribution in [0, 0.1) is 0 Å². The Morgan fingerprint density at radius 2 is 1.94 bits per heavy atom. The average molecular weight is 268 g/mol. The van der Waals surface area contributed by atoms with Crippen LogP contribution in [0.25, 0.3) is 6.08 Å². The molecule has 1 N–H and O–H groups in total. The van der Waals surface area contributed by atoms with Crippen molar-refractivity contribution < 1.29 is 22.5 Å². The molecule has 1 aromatic rings. The smallest absolute Gasteiger partial charge is 0.331 e. The van der Waals surface area contributed by atoms with Crippen LogP contribution in [0.2, 0.25) is 0 Å². The topological polar surface area (TPSA) is 80.7 Å². The van der Waals surface area contributed by atoms with Crippen LogP contribution in [0.15, 0.2) is 47.9 Å². The lowest BCUT2D eigenvalue weighted by Crippen LogP contribution is -1.99. The zero-order chi connectivity index (χ0) is 13.6. The van der Waals surface area contributed by atoms with E-state index in [1.54, 1.807) is 0 Å². The predicted molar refractivity (Wildman–Crippen MR) is 66.4 cm³/mol. The molecule has 6 heteroatoms. The van der Waals surface area contributed by atoms with Crippen molar-refractivity contribution in [1.82, 2.24) is 0 Å². The van der Waals surface area contributed by atoms with Crippen molar-refractivity contribution >= 4 is 22.2 Å². The van der Waals surface area contributed by atoms with E-state index in [9.17, 15) is 13.2 Å². The minimum atomic E-state index is -4.19. The van der Waals surface area contributed by atoms with Gasteiger partial charge in [-0.3, -0.25) is 4.55 Å². The van der Waals surface area contributed by atoms with Gasteiger partial charge in [0.1, 0.15) is 6.61 Å². The van der Waals surface area contributed by atoms with E-state index in [0.717, 1.165) is 0 Å². The highest BCUT2D eigenvalue weighted by Crippen LogP contribution is 2.11. The third-order valence-corrected chi connectivity index (χ3v) is 2.80. The Morgan fingerprint density at radius 1 is 1.33 bits per heavy atom. The standard InChI is InChI=1S/C12H12O5S/c1-2-9-17-12(13)8-5-10-3-6-11(7-4-10)18(14,15)16/h2-8H,1,9H2,(H,14,15,16). The van der Waals surface area contributed by atoms with Crippen molar-refractivity contribution in [3.05, 3.63) is 48.6 Å². The second-order valence-corrected chi connectivity index (χ2v) is 4.72. The number of benzene rings is 1. The summed E-state index contributed by atoms with van der Waals surface area (Å²) in [6, 6.07) is 5.40. The molecular formula is C12H12O5S. The molecule has 0 bridgehead atoms. The molecule has 0 radical (unpaired) electrons. The third-order valence-electron chi connectivity index (χ3n) is 1.93. The Balaban J connectivity index is 2.72. The highest BCUT2D eigenvalue weighted by atomic mass is 32.2. The number of ether oxygens (including phenoxy) is 1. The summed E-state index contributed by atoms with van der Waals surface area (Å²) in [5.41, 5.74) is 0.609. The zero-order valence-electron chi connectivity index (χ0n) is 9.44. The summed E-state index contributed by atoms with van der Waals surface area (Å²) in [7, 11) is -4.19. The van der Waals surface area contributed by atoms with Gasteiger partial charge in [0.25, 0.3) is 10.1 Å². The maximum absolute atomic E-state index is 11.1. The number of esters is 1. The van der Waals surface area contributed by atoms with Crippen molar-refractivity contribution in [2.45, 2.75) is 4.90 Å². The molecule has 0 aromatic heterocycles. The fourth-order valence-corrected chi connectivity index (χ4v) is 1.58. The second kappa shape index (κ2) is 6.13. The van der Waals surface area contributed by atoms with Crippen LogP contribution in [-0.4, -0.2) is 25.5 Å². The monoisotopic (exact) mass is 268 g/mol. The Kier molecular flexibility index (Phi) is 4.82. The molecule has 0 aliphatic carbocycles. The van der Waals surface area contributed by atoms with Gasteiger partial charge in [-0.25, -0.2) is 4.79 Å². The first-order chi connectivity index (χ1) is 8.43. The van der Waals surface area contributed by atoms with Gasteiger partial charge in [0, 0.05) is 6.08 Å². The molecule has 0 spiro atoms. The van der Waals surface area contributed by atoms with Gasteiger partial charge in [0.2, 0.25) is 0 Å². The quantitative estimate of drug-likeness (QED) is 0.380. The number of carbonyl (C=O) groups excluding carboxylic acids is 1. The maximum Gasteiger partial charge on any atom is 0.331 e. The second-order valence-electron chi connectivity index (χ2n) is 3.30. The fraction of sp³-hybridized carbons (Fsp3) is 0.0833. The molecule has 0 heterocycles. The van der Waals surface area contributed by atoms with E-state index in [0.29, 0.717) is 5.56 Å². The summed E-state index contributed by atoms with van der Waals surface area (Å²) < 4.78 is 35.0. The van der Waals surface area contributed by atoms with Crippen LogP contribution in [-0.2, 0) is 19.6 Å². The van der Waals surface area contributed by atoms with Crippen molar-refractivity contribution in [2.75, 3.05) is 6.61 Å². The molecule has 0 saturated heterocycles. The molecule has 0 atom stereocenters. The van der Waals surface area contributed by atoms with Gasteiger partial charge in [0.05, 0.1) is 4.90 Å². The molecule has 1 rings (SSSR count). The number of carbonyl (C=O) groups is 1. The molecule has 0 aliphatic heterocycles. The van der Waals surface area contributed by atoms with Gasteiger partial charge >= 0.3 is 5.97 Å². The van der Waals surface area contributed by atoms with Crippen LogP contribution in [0.3, 0.4) is 0 Å². The molecule has 0 unspecified atom stereocenters. The van der Waals surface area contributed by atoms with Crippen molar-refractivity contribution in [2.24, 2.45) is 0 Å². The Hall–Kier alpha value is -1.92. The summed E-state index contributed by atoms with van der Waals surface area (Å²) in [4.78, 5) is 10.9. The van der Waals surface area contributed by atoms with Gasteiger partial charge in [0.15, 0.2) is 0 Å². The van der Waals surface area contributed by atoms with Crippen LogP contribution in [0.5, 0.6) is 0 Å². The van der Waals surface area contributed by atoms with Crippen LogP contribution in [0.4, 0.5) is 0 Å². The van der Waals surface area contributed by atoms with Crippen molar-refractivity contribution in [3.8, 4) is 0 Å². The minimum Gasteiger partial charge on any atom is -0.458 e. The van der Waals surface area contributed by atoms with Gasteiger partial charge in [-0.15, -0.1) is 0 Å². The molecule has 0 saturated carbocycles. The molecule has 0 fully saturated rings. The molecule has 18 heavy (non-hydrogen) atoms. The molecule has 0 amide bonds. The van der Waals surface area contributed by atoms with Crippen molar-refractivity contribution in [3.63, 3.8) is 0 Å². The first kappa shape index (κ1) is 14.1. The lowest BCUT2D eigenvalue weighted by Gasteiger charge is -1.98. The minimum absolute atomic E-state index is 0.130. The maximum atomic E-state index is 11.1. The Labute approximate surface area is 105 Å². The van der Waals surface area contributed by atoms with Gasteiger partial charge in [-0.05, 0) is 23.8 Å². The SMILES string of the molecule is C=CCOC(=O)C=Cc1ccc(S(=O)(=O)O)cc1. The van der Waals surface area contributed by atoms with Crippen LogP contribution >= 0.6 is 0 Å². The number of rotatable bonds is 5. The van der Waals surface area contributed by atoms with E-state index < -0.39 is 16.1 Å². The van der Waals surface area contributed by atoms with E-state index in [1.165, 1.54) is 42.5 Å². The highest BCUT2D eigenvalue weighted by Gasteiger charge is 2.07. The summed E-state index contributed by atoms with van der Waals surface area (Å²) in [5.74, 6) is -0.520. The summed E-state index contributed by atoms with van der Waals surface area (Å²) in [5, 5.41) is 0. The highest BCUT2D eigenvalue weighted by molar-refractivity contribution is 7.85. The van der Waals surface area contributed by atoms with Gasteiger partial charge in [-0.1, -0.05) is 24.8 Å². The van der Waals surface area contributed by atoms with E-state index in [4.69, 9.17) is 9.29 Å². The Morgan fingerprint density at radius 3 is 2.44 bits per heavy atom. The zero-order valence-corrected chi connectivity index (χ0v) is 10.3. The molecule has 5 nitrogen and oxygen atoms in total. The third kappa shape index (κ3) is 4.52. The molecular weight excluding hydrogens is 256 g/mol. The van der Waals surface area contributed by atoms with E-state index >= 15 is 0 Å². The largest absolute Gasteiger partial charge is 0.458 e. The summed E-state index contributed by atoms with van der Waals surface area (Å²) >= 11 is 0. The van der Waals surface area contributed by atoms with Gasteiger partial charge < -0.3 is 4.74 Å². The lowest BCUT2D eigenvalue weighted by atomic mass is 10.2. The first-order valence-corrected chi connectivity index (χ1v) is 6.41. The number of hydrogen-bond acceptors (Lipinski definition) is 4. The van der Waals surface area contributed by atoms with Crippen LogP contribution < -0.4 is 0 Å². The molecule has 1 aromatic carbocycles. The normalized spacial score (nSPS) is 11.4. The van der Waals surface area contributed by atoms with Gasteiger partial charge in [-0.2, -0.15) is 8.42 Å². The molecule has 96 valence electrons. The predicted octanol–water partition coefficient (Wildman–Crippen LogP) is 1.68. The summed E-state index contributed by atoms with van der Waals surface area (Å²) in [6.45, 7) is 3.53.